The highest BCUT2D eigenvalue weighted by Gasteiger charge is 2.40. The Hall–Kier alpha value is -1.06. The van der Waals surface area contributed by atoms with Crippen LogP contribution < -0.4 is 5.73 Å². The van der Waals surface area contributed by atoms with Crippen LogP contribution in [0.3, 0.4) is 0 Å². The van der Waals surface area contributed by atoms with Crippen molar-refractivity contribution in [3.63, 3.8) is 0 Å². The van der Waals surface area contributed by atoms with Gasteiger partial charge < -0.3 is 15.2 Å². The Kier molecular flexibility index (Phi) is 2.44. The SMILES string of the molecule is [CH2][C@H]1OC(C)(C)O[C@@H]1c1ccccc1N. The molecule has 0 amide bonds. The first kappa shape index (κ1) is 10.5. The van der Waals surface area contributed by atoms with Gasteiger partial charge in [0.1, 0.15) is 6.10 Å². The number of anilines is 1. The summed E-state index contributed by atoms with van der Waals surface area (Å²) in [6, 6.07) is 7.64. The Morgan fingerprint density at radius 3 is 2.47 bits per heavy atom. The predicted molar refractivity (Wildman–Crippen MR) is 59.0 cm³/mol. The minimum Gasteiger partial charge on any atom is -0.398 e. The molecule has 1 aromatic carbocycles. The van der Waals surface area contributed by atoms with Crippen LogP contribution in [0.25, 0.3) is 0 Å². The fourth-order valence-electron chi connectivity index (χ4n) is 1.87. The van der Waals surface area contributed by atoms with E-state index in [1.165, 1.54) is 0 Å². The molecule has 0 saturated carbocycles. The number of nitrogen functional groups attached to an aromatic ring is 1. The van der Waals surface area contributed by atoms with Gasteiger partial charge in [0.05, 0.1) is 6.10 Å². The molecule has 1 saturated heterocycles. The Morgan fingerprint density at radius 2 is 1.93 bits per heavy atom. The van der Waals surface area contributed by atoms with E-state index in [-0.39, 0.29) is 12.2 Å². The van der Waals surface area contributed by atoms with Crippen molar-refractivity contribution in [2.24, 2.45) is 0 Å². The number of rotatable bonds is 1. The molecule has 1 radical (unpaired) electrons. The first-order valence-corrected chi connectivity index (χ1v) is 5.03. The molecule has 0 unspecified atom stereocenters. The second-order valence-electron chi connectivity index (χ2n) is 4.22. The maximum atomic E-state index is 5.89. The average Bonchev–Trinajstić information content (AvgIpc) is 2.40. The van der Waals surface area contributed by atoms with Crippen LogP contribution in [0.2, 0.25) is 0 Å². The summed E-state index contributed by atoms with van der Waals surface area (Å²) >= 11 is 0. The van der Waals surface area contributed by atoms with Crippen molar-refractivity contribution in [2.45, 2.75) is 31.8 Å². The number of nitrogens with two attached hydrogens (primary N) is 1. The van der Waals surface area contributed by atoms with E-state index in [2.05, 4.69) is 6.92 Å². The van der Waals surface area contributed by atoms with Crippen LogP contribution in [0.5, 0.6) is 0 Å². The largest absolute Gasteiger partial charge is 0.398 e. The summed E-state index contributed by atoms with van der Waals surface area (Å²) < 4.78 is 11.3. The lowest BCUT2D eigenvalue weighted by Crippen LogP contribution is -2.20. The van der Waals surface area contributed by atoms with Gasteiger partial charge in [0.2, 0.25) is 0 Å². The normalized spacial score (nSPS) is 29.3. The van der Waals surface area contributed by atoms with Crippen LogP contribution in [0.1, 0.15) is 25.5 Å². The molecular formula is C12H16NO2. The number of hydrogen-bond acceptors (Lipinski definition) is 3. The van der Waals surface area contributed by atoms with Gasteiger partial charge in [-0.15, -0.1) is 0 Å². The molecule has 1 aromatic rings. The monoisotopic (exact) mass is 206 g/mol. The van der Waals surface area contributed by atoms with E-state index in [1.54, 1.807) is 0 Å². The fourth-order valence-corrected chi connectivity index (χ4v) is 1.87. The molecule has 1 aliphatic rings. The molecule has 15 heavy (non-hydrogen) atoms. The van der Waals surface area contributed by atoms with Crippen LogP contribution in [-0.4, -0.2) is 11.9 Å². The molecule has 3 heteroatoms. The van der Waals surface area contributed by atoms with Gasteiger partial charge in [-0.1, -0.05) is 18.2 Å². The van der Waals surface area contributed by atoms with Crippen molar-refractivity contribution in [3.05, 3.63) is 36.8 Å². The van der Waals surface area contributed by atoms with Gasteiger partial charge in [-0.25, -0.2) is 0 Å². The zero-order chi connectivity index (χ0) is 11.1. The molecule has 1 aliphatic heterocycles. The molecule has 0 aromatic heterocycles. The highest BCUT2D eigenvalue weighted by atomic mass is 16.7. The minimum absolute atomic E-state index is 0.179. The molecule has 0 spiro atoms. The summed E-state index contributed by atoms with van der Waals surface area (Å²) in [6.07, 6.45) is -0.397. The predicted octanol–water partition coefficient (Wildman–Crippen LogP) is 2.30. The third kappa shape index (κ3) is 1.98. The van der Waals surface area contributed by atoms with Crippen molar-refractivity contribution in [2.75, 3.05) is 5.73 Å². The number of para-hydroxylation sites is 1. The maximum Gasteiger partial charge on any atom is 0.164 e. The lowest BCUT2D eigenvalue weighted by molar-refractivity contribution is -0.143. The van der Waals surface area contributed by atoms with Gasteiger partial charge in [0.25, 0.3) is 0 Å². The van der Waals surface area contributed by atoms with Crippen LogP contribution in [0, 0.1) is 6.92 Å². The standard InChI is InChI=1S/C12H16NO2/c1-8-11(15-12(2,3)14-8)9-6-4-5-7-10(9)13/h4-8,11H,1,13H2,2-3H3/t8-,11+/m1/s1. The smallest absolute Gasteiger partial charge is 0.164 e. The molecule has 0 bridgehead atoms. The molecular weight excluding hydrogens is 190 g/mol. The van der Waals surface area contributed by atoms with Crippen LogP contribution in [0.15, 0.2) is 24.3 Å². The van der Waals surface area contributed by atoms with E-state index in [0.29, 0.717) is 0 Å². The Labute approximate surface area is 90.2 Å². The van der Waals surface area contributed by atoms with E-state index in [0.717, 1.165) is 11.3 Å². The van der Waals surface area contributed by atoms with Gasteiger partial charge in [-0.3, -0.25) is 0 Å². The van der Waals surface area contributed by atoms with E-state index in [4.69, 9.17) is 15.2 Å². The van der Waals surface area contributed by atoms with Crippen LogP contribution >= 0.6 is 0 Å². The zero-order valence-electron chi connectivity index (χ0n) is 9.07. The summed E-state index contributed by atoms with van der Waals surface area (Å²) in [5.74, 6) is -0.584. The topological polar surface area (TPSA) is 44.5 Å². The lowest BCUT2D eigenvalue weighted by Gasteiger charge is -2.17. The Balaban J connectivity index is 2.29. The zero-order valence-corrected chi connectivity index (χ0v) is 9.07. The average molecular weight is 206 g/mol. The number of benzene rings is 1. The summed E-state index contributed by atoms with van der Waals surface area (Å²) in [4.78, 5) is 0. The molecule has 2 atom stereocenters. The molecule has 3 nitrogen and oxygen atoms in total. The van der Waals surface area contributed by atoms with Crippen molar-refractivity contribution in [1.29, 1.82) is 0 Å². The molecule has 81 valence electrons. The highest BCUT2D eigenvalue weighted by molar-refractivity contribution is 5.48. The van der Waals surface area contributed by atoms with E-state index in [1.807, 2.05) is 38.1 Å². The van der Waals surface area contributed by atoms with Gasteiger partial charge >= 0.3 is 0 Å². The first-order chi connectivity index (χ1) is 6.99. The van der Waals surface area contributed by atoms with E-state index in [9.17, 15) is 0 Å². The van der Waals surface area contributed by atoms with Crippen molar-refractivity contribution < 1.29 is 9.47 Å². The van der Waals surface area contributed by atoms with E-state index >= 15 is 0 Å². The Morgan fingerprint density at radius 1 is 1.27 bits per heavy atom. The van der Waals surface area contributed by atoms with Gasteiger partial charge in [0, 0.05) is 11.3 Å². The summed E-state index contributed by atoms with van der Waals surface area (Å²) in [7, 11) is 0. The number of ether oxygens (including phenoxy) is 2. The van der Waals surface area contributed by atoms with Crippen LogP contribution in [-0.2, 0) is 9.47 Å². The van der Waals surface area contributed by atoms with Crippen LogP contribution in [0.4, 0.5) is 5.69 Å². The molecule has 2 rings (SSSR count). The minimum atomic E-state index is -0.584. The third-order valence-corrected chi connectivity index (χ3v) is 2.49. The second kappa shape index (κ2) is 3.51. The maximum absolute atomic E-state index is 5.89. The highest BCUT2D eigenvalue weighted by Crippen LogP contribution is 2.39. The lowest BCUT2D eigenvalue weighted by atomic mass is 10.0. The molecule has 0 aliphatic carbocycles. The van der Waals surface area contributed by atoms with E-state index < -0.39 is 5.79 Å². The number of hydrogen-bond donors (Lipinski definition) is 1. The fraction of sp³-hybridized carbons (Fsp3) is 0.417. The van der Waals surface area contributed by atoms with Gasteiger partial charge in [-0.05, 0) is 26.8 Å². The molecule has 1 heterocycles. The molecule has 2 N–H and O–H groups in total. The molecule has 1 fully saturated rings. The van der Waals surface area contributed by atoms with Crippen molar-refractivity contribution >= 4 is 5.69 Å². The van der Waals surface area contributed by atoms with Crippen molar-refractivity contribution in [3.8, 4) is 0 Å². The van der Waals surface area contributed by atoms with Gasteiger partial charge in [0.15, 0.2) is 5.79 Å². The Bertz CT molecular complexity index is 362. The quantitative estimate of drug-likeness (QED) is 0.717. The van der Waals surface area contributed by atoms with Gasteiger partial charge in [-0.2, -0.15) is 0 Å². The first-order valence-electron chi connectivity index (χ1n) is 5.03. The summed E-state index contributed by atoms with van der Waals surface area (Å²) in [5.41, 5.74) is 7.55. The summed E-state index contributed by atoms with van der Waals surface area (Å²) in [5, 5.41) is 0. The van der Waals surface area contributed by atoms with Crippen molar-refractivity contribution in [1.82, 2.24) is 0 Å². The second-order valence-corrected chi connectivity index (χ2v) is 4.22. The third-order valence-electron chi connectivity index (χ3n) is 2.49. The summed E-state index contributed by atoms with van der Waals surface area (Å²) in [6.45, 7) is 7.69.